The van der Waals surface area contributed by atoms with Crippen LogP contribution in [0.5, 0.6) is 11.5 Å². The van der Waals surface area contributed by atoms with E-state index in [9.17, 15) is 9.59 Å². The van der Waals surface area contributed by atoms with Crippen molar-refractivity contribution >= 4 is 11.8 Å². The van der Waals surface area contributed by atoms with Crippen LogP contribution in [0.25, 0.3) is 0 Å². The zero-order valence-electron chi connectivity index (χ0n) is 15.5. The number of amides is 2. The van der Waals surface area contributed by atoms with Crippen molar-refractivity contribution in [3.05, 3.63) is 36.4 Å². The maximum absolute atomic E-state index is 12.4. The van der Waals surface area contributed by atoms with E-state index < -0.39 is 0 Å². The molecule has 2 amide bonds. The van der Waals surface area contributed by atoms with Gasteiger partial charge in [-0.1, -0.05) is 12.1 Å². The maximum Gasteiger partial charge on any atom is 0.223 e. The first kappa shape index (κ1) is 19.8. The van der Waals surface area contributed by atoms with Gasteiger partial charge in [0.1, 0.15) is 0 Å². The Morgan fingerprint density at radius 3 is 2.15 bits per heavy atom. The molecule has 1 aliphatic carbocycles. The molecule has 2 rings (SSSR count). The highest BCUT2D eigenvalue weighted by Crippen LogP contribution is 2.30. The molecule has 1 aromatic carbocycles. The largest absolute Gasteiger partial charge is 0.493 e. The molecule has 0 aromatic heterocycles. The fourth-order valence-corrected chi connectivity index (χ4v) is 3.26. The fraction of sp³-hybridized carbons (Fsp3) is 0.500. The van der Waals surface area contributed by atoms with E-state index in [1.54, 1.807) is 20.3 Å². The van der Waals surface area contributed by atoms with E-state index in [-0.39, 0.29) is 23.7 Å². The standard InChI is InChI=1S/C20H28N2O4/c1-4-11-21-19(23)15-6-8-16(9-7-15)20(24)22-13-14-5-10-17(25-2)18(12-14)26-3/h4-5,10,12,15-16H,1,6-9,11,13H2,2-3H3,(H,21,23)(H,22,24). The topological polar surface area (TPSA) is 76.7 Å². The first-order valence-corrected chi connectivity index (χ1v) is 8.96. The molecule has 142 valence electrons. The van der Waals surface area contributed by atoms with Crippen molar-refractivity contribution in [1.29, 1.82) is 0 Å². The van der Waals surface area contributed by atoms with E-state index in [0.717, 1.165) is 31.2 Å². The van der Waals surface area contributed by atoms with Crippen LogP contribution < -0.4 is 20.1 Å². The summed E-state index contributed by atoms with van der Waals surface area (Å²) in [6.07, 6.45) is 4.65. The molecule has 26 heavy (non-hydrogen) atoms. The number of carbonyl (C=O) groups is 2. The number of hydrogen-bond donors (Lipinski definition) is 2. The molecular weight excluding hydrogens is 332 g/mol. The second kappa shape index (κ2) is 9.85. The Morgan fingerprint density at radius 1 is 1.04 bits per heavy atom. The summed E-state index contributed by atoms with van der Waals surface area (Å²) < 4.78 is 10.5. The molecule has 0 spiro atoms. The molecule has 0 saturated heterocycles. The average molecular weight is 360 g/mol. The lowest BCUT2D eigenvalue weighted by molar-refractivity contribution is -0.130. The third kappa shape index (κ3) is 5.25. The Bertz CT molecular complexity index is 637. The summed E-state index contributed by atoms with van der Waals surface area (Å²) in [5.41, 5.74) is 0.952. The minimum absolute atomic E-state index is 0.00449. The van der Waals surface area contributed by atoms with Crippen molar-refractivity contribution in [2.45, 2.75) is 32.2 Å². The van der Waals surface area contributed by atoms with Gasteiger partial charge >= 0.3 is 0 Å². The van der Waals surface area contributed by atoms with E-state index in [1.165, 1.54) is 0 Å². The van der Waals surface area contributed by atoms with Gasteiger partial charge in [0, 0.05) is 24.9 Å². The molecule has 1 aromatic rings. The zero-order valence-corrected chi connectivity index (χ0v) is 15.5. The quantitative estimate of drug-likeness (QED) is 0.698. The van der Waals surface area contributed by atoms with Crippen molar-refractivity contribution in [3.8, 4) is 11.5 Å². The lowest BCUT2D eigenvalue weighted by atomic mass is 9.81. The first-order valence-electron chi connectivity index (χ1n) is 8.96. The van der Waals surface area contributed by atoms with Gasteiger partial charge in [0.15, 0.2) is 11.5 Å². The van der Waals surface area contributed by atoms with Crippen LogP contribution in [0.15, 0.2) is 30.9 Å². The van der Waals surface area contributed by atoms with E-state index >= 15 is 0 Å². The molecule has 0 heterocycles. The highest BCUT2D eigenvalue weighted by Gasteiger charge is 2.29. The van der Waals surface area contributed by atoms with Crippen LogP contribution in [0.2, 0.25) is 0 Å². The summed E-state index contributed by atoms with van der Waals surface area (Å²) in [5, 5.41) is 5.82. The van der Waals surface area contributed by atoms with Crippen LogP contribution in [0.3, 0.4) is 0 Å². The van der Waals surface area contributed by atoms with Crippen LogP contribution in [0.1, 0.15) is 31.2 Å². The van der Waals surface area contributed by atoms with Gasteiger partial charge in [-0.05, 0) is 43.4 Å². The minimum Gasteiger partial charge on any atom is -0.493 e. The normalized spacial score (nSPS) is 19.3. The molecule has 0 aliphatic heterocycles. The van der Waals surface area contributed by atoms with E-state index in [2.05, 4.69) is 17.2 Å². The molecule has 6 heteroatoms. The van der Waals surface area contributed by atoms with E-state index in [4.69, 9.17) is 9.47 Å². The summed E-state index contributed by atoms with van der Waals surface area (Å²) >= 11 is 0. The Morgan fingerprint density at radius 2 is 1.62 bits per heavy atom. The summed E-state index contributed by atoms with van der Waals surface area (Å²) in [4.78, 5) is 24.4. The maximum atomic E-state index is 12.4. The van der Waals surface area contributed by atoms with Crippen LogP contribution >= 0.6 is 0 Å². The SMILES string of the molecule is C=CCNC(=O)C1CCC(C(=O)NCc2ccc(OC)c(OC)c2)CC1. The Hall–Kier alpha value is -2.50. The predicted molar refractivity (Wildman–Crippen MR) is 100 cm³/mol. The van der Waals surface area contributed by atoms with Gasteiger partial charge in [0.25, 0.3) is 0 Å². The number of methoxy groups -OCH3 is 2. The van der Waals surface area contributed by atoms with Gasteiger partial charge in [-0.25, -0.2) is 0 Å². The molecule has 6 nitrogen and oxygen atoms in total. The molecule has 0 unspecified atom stereocenters. The third-order valence-corrected chi connectivity index (χ3v) is 4.80. The number of hydrogen-bond acceptors (Lipinski definition) is 4. The second-order valence-electron chi connectivity index (χ2n) is 6.49. The average Bonchev–Trinajstić information content (AvgIpc) is 2.69. The van der Waals surface area contributed by atoms with Gasteiger partial charge < -0.3 is 20.1 Å². The molecule has 2 N–H and O–H groups in total. The Balaban J connectivity index is 1.80. The highest BCUT2D eigenvalue weighted by molar-refractivity contribution is 5.81. The van der Waals surface area contributed by atoms with Crippen molar-refractivity contribution in [1.82, 2.24) is 10.6 Å². The highest BCUT2D eigenvalue weighted by atomic mass is 16.5. The zero-order chi connectivity index (χ0) is 18.9. The van der Waals surface area contributed by atoms with E-state index in [0.29, 0.717) is 24.6 Å². The lowest BCUT2D eigenvalue weighted by Crippen LogP contribution is -2.37. The molecule has 1 fully saturated rings. The molecule has 0 bridgehead atoms. The van der Waals surface area contributed by atoms with Crippen LogP contribution in [0.4, 0.5) is 0 Å². The predicted octanol–water partition coefficient (Wildman–Crippen LogP) is 2.43. The number of ether oxygens (including phenoxy) is 2. The fourth-order valence-electron chi connectivity index (χ4n) is 3.26. The van der Waals surface area contributed by atoms with Crippen LogP contribution in [-0.2, 0) is 16.1 Å². The Labute approximate surface area is 154 Å². The third-order valence-electron chi connectivity index (χ3n) is 4.80. The van der Waals surface area contributed by atoms with Crippen LogP contribution in [-0.4, -0.2) is 32.6 Å². The van der Waals surface area contributed by atoms with Crippen LogP contribution in [0, 0.1) is 11.8 Å². The molecule has 0 radical (unpaired) electrons. The van der Waals surface area contributed by atoms with Crippen molar-refractivity contribution in [2.75, 3.05) is 20.8 Å². The number of carbonyl (C=O) groups excluding carboxylic acids is 2. The van der Waals surface area contributed by atoms with Gasteiger partial charge in [-0.3, -0.25) is 9.59 Å². The summed E-state index contributed by atoms with van der Waals surface area (Å²) in [6.45, 7) is 4.53. The monoisotopic (exact) mass is 360 g/mol. The van der Waals surface area contributed by atoms with Gasteiger partial charge in [0.05, 0.1) is 14.2 Å². The molecular formula is C20H28N2O4. The smallest absolute Gasteiger partial charge is 0.223 e. The van der Waals surface area contributed by atoms with Gasteiger partial charge in [0.2, 0.25) is 11.8 Å². The number of benzene rings is 1. The molecule has 0 atom stereocenters. The minimum atomic E-state index is -0.0291. The number of rotatable bonds is 8. The second-order valence-corrected chi connectivity index (χ2v) is 6.49. The molecule has 1 aliphatic rings. The van der Waals surface area contributed by atoms with Crippen molar-refractivity contribution in [2.24, 2.45) is 11.8 Å². The van der Waals surface area contributed by atoms with Gasteiger partial charge in [-0.15, -0.1) is 6.58 Å². The van der Waals surface area contributed by atoms with Crippen molar-refractivity contribution in [3.63, 3.8) is 0 Å². The van der Waals surface area contributed by atoms with E-state index in [1.807, 2.05) is 18.2 Å². The Kier molecular flexibility index (Phi) is 7.51. The van der Waals surface area contributed by atoms with Gasteiger partial charge in [-0.2, -0.15) is 0 Å². The molecule has 1 saturated carbocycles. The number of nitrogens with one attached hydrogen (secondary N) is 2. The van der Waals surface area contributed by atoms with Crippen molar-refractivity contribution < 1.29 is 19.1 Å². The summed E-state index contributed by atoms with van der Waals surface area (Å²) in [6, 6.07) is 5.59. The first-order chi connectivity index (χ1) is 12.6. The summed E-state index contributed by atoms with van der Waals surface area (Å²) in [5.74, 6) is 1.39. The lowest BCUT2D eigenvalue weighted by Gasteiger charge is -2.27. The summed E-state index contributed by atoms with van der Waals surface area (Å²) in [7, 11) is 3.18.